The highest BCUT2D eigenvalue weighted by Gasteiger charge is 2.25. The molecule has 0 aromatic heterocycles. The summed E-state index contributed by atoms with van der Waals surface area (Å²) in [6, 6.07) is 4.03. The van der Waals surface area contributed by atoms with Crippen molar-refractivity contribution in [3.63, 3.8) is 0 Å². The van der Waals surface area contributed by atoms with Crippen molar-refractivity contribution in [2.24, 2.45) is 0 Å². The molecule has 2 atom stereocenters. The second-order valence-electron chi connectivity index (χ2n) is 4.48. The van der Waals surface area contributed by atoms with Crippen LogP contribution in [0.1, 0.15) is 30.6 Å². The van der Waals surface area contributed by atoms with Gasteiger partial charge in [0.25, 0.3) is 0 Å². The summed E-state index contributed by atoms with van der Waals surface area (Å²) in [5.74, 6) is 1.49. The van der Waals surface area contributed by atoms with E-state index >= 15 is 0 Å². The maximum atomic E-state index is 6.23. The highest BCUT2D eigenvalue weighted by atomic mass is 35.5. The lowest BCUT2D eigenvalue weighted by Gasteiger charge is -2.21. The van der Waals surface area contributed by atoms with Gasteiger partial charge in [0, 0.05) is 6.61 Å². The molecule has 0 saturated heterocycles. The molecule has 3 nitrogen and oxygen atoms in total. The third-order valence-corrected chi connectivity index (χ3v) is 3.49. The van der Waals surface area contributed by atoms with Gasteiger partial charge in [-0.3, -0.25) is 0 Å². The predicted molar refractivity (Wildman–Crippen MR) is 71.9 cm³/mol. The summed E-state index contributed by atoms with van der Waals surface area (Å²) in [6.07, 6.45) is 1.90. The predicted octanol–water partition coefficient (Wildman–Crippen LogP) is 3.34. The van der Waals surface area contributed by atoms with Crippen LogP contribution in [0.25, 0.3) is 0 Å². The molecular formula is C14H19ClO3. The Bertz CT molecular complexity index is 418. The Balaban J connectivity index is 2.49. The molecule has 0 amide bonds. The molecule has 0 aliphatic carbocycles. The quantitative estimate of drug-likeness (QED) is 0.789. The van der Waals surface area contributed by atoms with Crippen molar-refractivity contribution in [2.75, 3.05) is 20.8 Å². The highest BCUT2D eigenvalue weighted by molar-refractivity contribution is 6.20. The van der Waals surface area contributed by atoms with Gasteiger partial charge in [-0.25, -0.2) is 0 Å². The summed E-state index contributed by atoms with van der Waals surface area (Å²) in [5.41, 5.74) is 2.36. The molecular weight excluding hydrogens is 252 g/mol. The molecule has 1 heterocycles. The number of aryl methyl sites for hydroxylation is 1. The number of methoxy groups -OCH3 is 2. The van der Waals surface area contributed by atoms with Crippen molar-refractivity contribution in [3.05, 3.63) is 23.3 Å². The maximum absolute atomic E-state index is 6.23. The van der Waals surface area contributed by atoms with Gasteiger partial charge in [0.15, 0.2) is 11.5 Å². The minimum Gasteiger partial charge on any atom is -0.493 e. The first-order valence-corrected chi connectivity index (χ1v) is 6.61. The zero-order chi connectivity index (χ0) is 13.1. The van der Waals surface area contributed by atoms with Gasteiger partial charge in [-0.15, -0.1) is 11.6 Å². The van der Waals surface area contributed by atoms with Crippen LogP contribution in [0.4, 0.5) is 0 Å². The van der Waals surface area contributed by atoms with E-state index in [4.69, 9.17) is 25.8 Å². The molecule has 100 valence electrons. The van der Waals surface area contributed by atoms with E-state index in [-0.39, 0.29) is 11.5 Å². The lowest BCUT2D eigenvalue weighted by atomic mass is 9.97. The second-order valence-corrected chi connectivity index (χ2v) is 5.17. The molecule has 1 aliphatic heterocycles. The molecule has 1 aromatic carbocycles. The number of fused-ring (bicyclic) bond motifs is 1. The number of hydrogen-bond donors (Lipinski definition) is 0. The van der Waals surface area contributed by atoms with Gasteiger partial charge in [0.2, 0.25) is 0 Å². The molecule has 18 heavy (non-hydrogen) atoms. The number of alkyl halides is 1. The molecule has 2 unspecified atom stereocenters. The minimum absolute atomic E-state index is 0.0695. The number of rotatable bonds is 3. The molecule has 1 aromatic rings. The maximum Gasteiger partial charge on any atom is 0.161 e. The molecule has 0 saturated carbocycles. The third-order valence-electron chi connectivity index (χ3n) is 3.26. The number of halogens is 1. The van der Waals surface area contributed by atoms with Crippen LogP contribution in [0.15, 0.2) is 12.1 Å². The van der Waals surface area contributed by atoms with Crippen molar-refractivity contribution in [2.45, 2.75) is 31.2 Å². The Morgan fingerprint density at radius 1 is 1.28 bits per heavy atom. The first-order valence-electron chi connectivity index (χ1n) is 6.17. The van der Waals surface area contributed by atoms with Crippen LogP contribution in [0.5, 0.6) is 11.5 Å². The van der Waals surface area contributed by atoms with Gasteiger partial charge in [0.05, 0.1) is 25.7 Å². The van der Waals surface area contributed by atoms with Gasteiger partial charge in [0.1, 0.15) is 0 Å². The van der Waals surface area contributed by atoms with Crippen molar-refractivity contribution in [1.82, 2.24) is 0 Å². The summed E-state index contributed by atoms with van der Waals surface area (Å²) in [4.78, 5) is 0. The van der Waals surface area contributed by atoms with Crippen molar-refractivity contribution < 1.29 is 14.2 Å². The average Bonchev–Trinajstić information content (AvgIpc) is 2.58. The monoisotopic (exact) mass is 270 g/mol. The summed E-state index contributed by atoms with van der Waals surface area (Å²) in [6.45, 7) is 2.69. The van der Waals surface area contributed by atoms with Crippen LogP contribution in [0.2, 0.25) is 0 Å². The number of hydrogen-bond acceptors (Lipinski definition) is 3. The molecule has 2 rings (SSSR count). The van der Waals surface area contributed by atoms with Crippen LogP contribution >= 0.6 is 11.6 Å². The Morgan fingerprint density at radius 2 is 1.94 bits per heavy atom. The first-order chi connectivity index (χ1) is 8.67. The van der Waals surface area contributed by atoms with E-state index in [1.54, 1.807) is 14.2 Å². The fourth-order valence-electron chi connectivity index (χ4n) is 2.36. The van der Waals surface area contributed by atoms with Crippen LogP contribution in [-0.4, -0.2) is 26.2 Å². The fourth-order valence-corrected chi connectivity index (χ4v) is 2.57. The summed E-state index contributed by atoms with van der Waals surface area (Å²) >= 11 is 6.23. The fraction of sp³-hybridized carbons (Fsp3) is 0.571. The SMILES string of the molecule is COc1cc2c(cc1OC)C(C(C)Cl)OCCC2. The van der Waals surface area contributed by atoms with Crippen LogP contribution in [-0.2, 0) is 11.2 Å². The molecule has 0 radical (unpaired) electrons. The second kappa shape index (κ2) is 5.81. The Labute approximate surface area is 113 Å². The summed E-state index contributed by atoms with van der Waals surface area (Å²) in [5, 5.41) is -0.0695. The molecule has 0 spiro atoms. The molecule has 0 fully saturated rings. The molecule has 1 aliphatic rings. The zero-order valence-corrected chi connectivity index (χ0v) is 11.8. The largest absolute Gasteiger partial charge is 0.493 e. The van der Waals surface area contributed by atoms with Crippen molar-refractivity contribution >= 4 is 11.6 Å². The number of ether oxygens (including phenoxy) is 3. The molecule has 0 N–H and O–H groups in total. The van der Waals surface area contributed by atoms with E-state index in [2.05, 4.69) is 0 Å². The van der Waals surface area contributed by atoms with Crippen LogP contribution < -0.4 is 9.47 Å². The lowest BCUT2D eigenvalue weighted by Crippen LogP contribution is -2.14. The standard InChI is InChI=1S/C14H19ClO3/c1-9(15)14-11-8-13(17-3)12(16-2)7-10(11)5-4-6-18-14/h7-9,14H,4-6H2,1-3H3. The van der Waals surface area contributed by atoms with E-state index in [0.717, 1.165) is 36.5 Å². The normalized spacial score (nSPS) is 20.8. The van der Waals surface area contributed by atoms with Gasteiger partial charge < -0.3 is 14.2 Å². The van der Waals surface area contributed by atoms with Gasteiger partial charge in [-0.05, 0) is 43.0 Å². The Hall–Kier alpha value is -0.930. The molecule has 0 bridgehead atoms. The highest BCUT2D eigenvalue weighted by Crippen LogP contribution is 2.38. The van der Waals surface area contributed by atoms with Gasteiger partial charge >= 0.3 is 0 Å². The minimum atomic E-state index is -0.0797. The first kappa shape index (κ1) is 13.5. The van der Waals surface area contributed by atoms with E-state index in [9.17, 15) is 0 Å². The van der Waals surface area contributed by atoms with Crippen molar-refractivity contribution in [3.8, 4) is 11.5 Å². The summed E-state index contributed by atoms with van der Waals surface area (Å²) < 4.78 is 16.5. The smallest absolute Gasteiger partial charge is 0.161 e. The third kappa shape index (κ3) is 2.57. The Kier molecular flexibility index (Phi) is 4.36. The van der Waals surface area contributed by atoms with E-state index in [1.165, 1.54) is 5.56 Å². The average molecular weight is 271 g/mol. The van der Waals surface area contributed by atoms with E-state index in [0.29, 0.717) is 0 Å². The topological polar surface area (TPSA) is 27.7 Å². The van der Waals surface area contributed by atoms with Gasteiger partial charge in [-0.1, -0.05) is 0 Å². The van der Waals surface area contributed by atoms with E-state index in [1.807, 2.05) is 19.1 Å². The molecule has 4 heteroatoms. The lowest BCUT2D eigenvalue weighted by molar-refractivity contribution is 0.0564. The summed E-state index contributed by atoms with van der Waals surface area (Å²) in [7, 11) is 3.29. The Morgan fingerprint density at radius 3 is 2.56 bits per heavy atom. The van der Waals surface area contributed by atoms with Crippen LogP contribution in [0.3, 0.4) is 0 Å². The van der Waals surface area contributed by atoms with E-state index < -0.39 is 0 Å². The van der Waals surface area contributed by atoms with Gasteiger partial charge in [-0.2, -0.15) is 0 Å². The van der Waals surface area contributed by atoms with Crippen LogP contribution in [0, 0.1) is 0 Å². The van der Waals surface area contributed by atoms with Crippen molar-refractivity contribution in [1.29, 1.82) is 0 Å². The zero-order valence-electron chi connectivity index (χ0n) is 11.0. The number of benzene rings is 1.